The van der Waals surface area contributed by atoms with Gasteiger partial charge in [0.1, 0.15) is 0 Å². The maximum Gasteiger partial charge on any atom is 0.694 e. The van der Waals surface area contributed by atoms with E-state index < -0.39 is 9.05 Å². The predicted octanol–water partition coefficient (Wildman–Crippen LogP) is 2.24. The fraction of sp³-hybridized carbons (Fsp3) is 0.846. The number of hydrogen-bond donors (Lipinski definition) is 1. The van der Waals surface area contributed by atoms with Gasteiger partial charge in [0.15, 0.2) is 0 Å². The normalized spacial score (nSPS) is 20.4. The van der Waals surface area contributed by atoms with E-state index in [4.69, 9.17) is 13.4 Å². The van der Waals surface area contributed by atoms with Crippen LogP contribution in [0.3, 0.4) is 0 Å². The Hall–Kier alpha value is -0.243. The molecule has 0 amide bonds. The first-order valence-corrected chi connectivity index (χ1v) is 8.89. The fourth-order valence-corrected chi connectivity index (χ4v) is 3.79. The zero-order chi connectivity index (χ0) is 14.1. The quantitative estimate of drug-likeness (QED) is 0.521. The van der Waals surface area contributed by atoms with E-state index in [9.17, 15) is 4.80 Å². The molecule has 0 aromatic carbocycles. The number of nitrogens with zero attached hydrogens (tertiary/aromatic N) is 1. The smallest absolute Gasteiger partial charge is 0.366 e. The van der Waals surface area contributed by atoms with Gasteiger partial charge in [0, 0.05) is 13.1 Å². The van der Waals surface area contributed by atoms with Crippen molar-refractivity contribution in [2.24, 2.45) is 0 Å². The molecular formula is C13H27NO4Si. The Morgan fingerprint density at radius 1 is 1.26 bits per heavy atom. The first-order chi connectivity index (χ1) is 9.13. The maximum atomic E-state index is 10.5. The lowest BCUT2D eigenvalue weighted by atomic mass is 10.2. The van der Waals surface area contributed by atoms with Gasteiger partial charge in [-0.05, 0) is 25.7 Å². The van der Waals surface area contributed by atoms with E-state index in [1.807, 2.05) is 13.8 Å². The second-order valence-electron chi connectivity index (χ2n) is 4.76. The first kappa shape index (κ1) is 16.8. The predicted molar refractivity (Wildman–Crippen MR) is 76.1 cm³/mol. The summed E-state index contributed by atoms with van der Waals surface area (Å²) >= 11 is 0. The fourth-order valence-electron chi connectivity index (χ4n) is 2.03. The second kappa shape index (κ2) is 8.83. The number of hydrogen-bond acceptors (Lipinski definition) is 5. The highest BCUT2D eigenvalue weighted by Crippen LogP contribution is 2.18. The van der Waals surface area contributed by atoms with Crippen molar-refractivity contribution in [3.8, 4) is 0 Å². The molecule has 0 aromatic rings. The number of hydroxylamine groups is 2. The molecule has 0 saturated carbocycles. The third-order valence-electron chi connectivity index (χ3n) is 3.17. The molecule has 6 heteroatoms. The summed E-state index contributed by atoms with van der Waals surface area (Å²) in [5.41, 5.74) is 0. The second-order valence-corrected chi connectivity index (χ2v) is 6.52. The van der Waals surface area contributed by atoms with Crippen molar-refractivity contribution in [3.63, 3.8) is 0 Å². The zero-order valence-corrected chi connectivity index (χ0v) is 13.1. The molecule has 1 aliphatic heterocycles. The first-order valence-electron chi connectivity index (χ1n) is 7.22. The van der Waals surface area contributed by atoms with Crippen molar-refractivity contribution in [2.45, 2.75) is 52.1 Å². The molecule has 0 aromatic heterocycles. The Morgan fingerprint density at radius 3 is 2.42 bits per heavy atom. The third kappa shape index (κ3) is 6.16. The van der Waals surface area contributed by atoms with E-state index in [0.29, 0.717) is 0 Å². The lowest BCUT2D eigenvalue weighted by Gasteiger charge is -2.33. The van der Waals surface area contributed by atoms with Crippen LogP contribution in [-0.4, -0.2) is 44.7 Å². The van der Waals surface area contributed by atoms with Crippen LogP contribution in [0.15, 0.2) is 12.7 Å². The van der Waals surface area contributed by atoms with Crippen LogP contribution in [0.25, 0.3) is 0 Å². The van der Waals surface area contributed by atoms with Gasteiger partial charge in [-0.1, -0.05) is 26.3 Å². The minimum Gasteiger partial charge on any atom is -0.366 e. The molecule has 0 spiro atoms. The van der Waals surface area contributed by atoms with Gasteiger partial charge in [-0.25, -0.2) is 0 Å². The van der Waals surface area contributed by atoms with Crippen molar-refractivity contribution in [1.29, 1.82) is 0 Å². The van der Waals surface area contributed by atoms with Crippen molar-refractivity contribution >= 4 is 9.05 Å². The van der Waals surface area contributed by atoms with Crippen molar-refractivity contribution in [2.75, 3.05) is 19.7 Å². The summed E-state index contributed by atoms with van der Waals surface area (Å²) in [6.45, 7) is 9.51. The number of rotatable bonds is 9. The maximum absolute atomic E-state index is 10.5. The number of piperidine rings is 1. The molecule has 0 bridgehead atoms. The van der Waals surface area contributed by atoms with E-state index in [1.165, 1.54) is 6.42 Å². The standard InChI is InChI=1S/C13H27NO4Si/c1-4-12-16-19(15,17-13(5-2)6-3)18-14-10-8-7-9-11-14/h4,13,15H,1,5-12H2,2-3H3. The summed E-state index contributed by atoms with van der Waals surface area (Å²) in [6, 6.07) is 0. The Balaban J connectivity index is 2.58. The van der Waals surface area contributed by atoms with E-state index in [2.05, 4.69) is 6.58 Å². The van der Waals surface area contributed by atoms with Gasteiger partial charge in [-0.15, -0.1) is 6.58 Å². The van der Waals surface area contributed by atoms with E-state index >= 15 is 0 Å². The third-order valence-corrected chi connectivity index (χ3v) is 4.82. The topological polar surface area (TPSA) is 51.2 Å². The van der Waals surface area contributed by atoms with Gasteiger partial charge in [-0.3, -0.25) is 4.53 Å². The Morgan fingerprint density at radius 2 is 1.89 bits per heavy atom. The van der Waals surface area contributed by atoms with Crippen LogP contribution < -0.4 is 0 Å². The molecule has 1 atom stereocenters. The largest absolute Gasteiger partial charge is 0.694 e. The summed E-state index contributed by atoms with van der Waals surface area (Å²) < 4.78 is 16.8. The van der Waals surface area contributed by atoms with Crippen molar-refractivity contribution < 1.29 is 18.2 Å². The van der Waals surface area contributed by atoms with Crippen LogP contribution >= 0.6 is 0 Å². The van der Waals surface area contributed by atoms with Crippen LogP contribution in [0.2, 0.25) is 0 Å². The summed E-state index contributed by atoms with van der Waals surface area (Å²) in [7, 11) is -3.61. The highest BCUT2D eigenvalue weighted by Gasteiger charge is 2.46. The average molecular weight is 289 g/mol. The Bertz CT molecular complexity index is 257. The zero-order valence-electron chi connectivity index (χ0n) is 12.1. The van der Waals surface area contributed by atoms with E-state index in [0.717, 1.165) is 38.8 Å². The molecule has 1 aliphatic rings. The summed E-state index contributed by atoms with van der Waals surface area (Å²) in [5, 5.41) is 1.78. The van der Waals surface area contributed by atoms with Crippen LogP contribution in [0, 0.1) is 0 Å². The molecule has 0 aliphatic carbocycles. The van der Waals surface area contributed by atoms with Crippen LogP contribution in [0.1, 0.15) is 46.0 Å². The molecule has 1 rings (SSSR count). The minimum absolute atomic E-state index is 0.0359. The van der Waals surface area contributed by atoms with Gasteiger partial charge < -0.3 is 13.6 Å². The summed E-state index contributed by atoms with van der Waals surface area (Å²) in [6.07, 6.45) is 6.58. The monoisotopic (exact) mass is 289 g/mol. The van der Waals surface area contributed by atoms with E-state index in [-0.39, 0.29) is 12.7 Å². The molecular weight excluding hydrogens is 262 g/mol. The molecule has 1 fully saturated rings. The molecule has 112 valence electrons. The molecule has 1 saturated heterocycles. The molecule has 1 heterocycles. The van der Waals surface area contributed by atoms with Crippen LogP contribution in [0.4, 0.5) is 0 Å². The SMILES string of the molecule is C=CCO[Si](O)(OC(CC)CC)ON1CCCCC1. The molecule has 1 unspecified atom stereocenters. The Labute approximate surface area is 117 Å². The van der Waals surface area contributed by atoms with Gasteiger partial charge in [0.25, 0.3) is 0 Å². The van der Waals surface area contributed by atoms with Gasteiger partial charge in [0.2, 0.25) is 0 Å². The van der Waals surface area contributed by atoms with Crippen molar-refractivity contribution in [1.82, 2.24) is 5.06 Å². The highest BCUT2D eigenvalue weighted by atomic mass is 28.4. The van der Waals surface area contributed by atoms with Gasteiger partial charge in [-0.2, -0.15) is 5.06 Å². The molecule has 1 N–H and O–H groups in total. The molecule has 5 nitrogen and oxygen atoms in total. The van der Waals surface area contributed by atoms with Crippen LogP contribution in [-0.2, 0) is 13.4 Å². The lowest BCUT2D eigenvalue weighted by molar-refractivity contribution is -0.169. The highest BCUT2D eigenvalue weighted by molar-refractivity contribution is 6.51. The van der Waals surface area contributed by atoms with Crippen molar-refractivity contribution in [3.05, 3.63) is 12.7 Å². The minimum atomic E-state index is -3.61. The molecule has 0 radical (unpaired) electrons. The van der Waals surface area contributed by atoms with Gasteiger partial charge in [0.05, 0.1) is 12.7 Å². The van der Waals surface area contributed by atoms with Crippen LogP contribution in [0.5, 0.6) is 0 Å². The van der Waals surface area contributed by atoms with Gasteiger partial charge >= 0.3 is 9.05 Å². The Kier molecular flexibility index (Phi) is 7.82. The lowest BCUT2D eigenvalue weighted by Crippen LogP contribution is -2.53. The summed E-state index contributed by atoms with van der Waals surface area (Å²) in [5.74, 6) is 0. The summed E-state index contributed by atoms with van der Waals surface area (Å²) in [4.78, 5) is 10.5. The molecule has 19 heavy (non-hydrogen) atoms. The van der Waals surface area contributed by atoms with E-state index in [1.54, 1.807) is 11.1 Å². The average Bonchev–Trinajstić information content (AvgIpc) is 2.44.